The van der Waals surface area contributed by atoms with Crippen LogP contribution in [0.15, 0.2) is 18.2 Å². The van der Waals surface area contributed by atoms with Gasteiger partial charge in [0.15, 0.2) is 6.61 Å². The van der Waals surface area contributed by atoms with Gasteiger partial charge in [-0.1, -0.05) is 6.42 Å². The van der Waals surface area contributed by atoms with Crippen molar-refractivity contribution in [3.05, 3.63) is 18.2 Å². The second-order valence-corrected chi connectivity index (χ2v) is 11.1. The standard InChI is InChI=1S/C22H29NO5S2/c1-26-17-6-7-18(19(12-17)27-2)23-20(24)13-28-21(25)14-10-15-4-3-5-16(11-14)22(15)29-8-9-30-22/h6-7,12,14-16H,3-5,8-11,13H2,1-2H3,(H,23,24). The number of hydrogen-bond acceptors (Lipinski definition) is 7. The van der Waals surface area contributed by atoms with E-state index in [1.165, 1.54) is 37.9 Å². The summed E-state index contributed by atoms with van der Waals surface area (Å²) in [6.45, 7) is -0.283. The number of nitrogens with one attached hydrogen (secondary N) is 1. The molecule has 2 aliphatic carbocycles. The minimum absolute atomic E-state index is 0.0870. The smallest absolute Gasteiger partial charge is 0.309 e. The molecular formula is C22H29NO5S2. The number of carbonyl (C=O) groups excluding carboxylic acids is 2. The normalized spacial score (nSPS) is 26.8. The van der Waals surface area contributed by atoms with Gasteiger partial charge in [-0.15, -0.1) is 23.5 Å². The molecule has 0 radical (unpaired) electrons. The van der Waals surface area contributed by atoms with E-state index in [-0.39, 0.29) is 24.4 Å². The van der Waals surface area contributed by atoms with Gasteiger partial charge in [0.1, 0.15) is 11.5 Å². The van der Waals surface area contributed by atoms with Crippen molar-refractivity contribution in [2.75, 3.05) is 37.6 Å². The van der Waals surface area contributed by atoms with Crippen LogP contribution in [0.25, 0.3) is 0 Å². The number of amides is 1. The predicted molar refractivity (Wildman–Crippen MR) is 120 cm³/mol. The van der Waals surface area contributed by atoms with Gasteiger partial charge >= 0.3 is 5.97 Å². The molecule has 30 heavy (non-hydrogen) atoms. The molecule has 1 heterocycles. The van der Waals surface area contributed by atoms with Crippen LogP contribution in [0.3, 0.4) is 0 Å². The van der Waals surface area contributed by atoms with Crippen molar-refractivity contribution < 1.29 is 23.8 Å². The SMILES string of the molecule is COc1ccc(NC(=O)COC(=O)C2CC3CCCC(C2)C32SCCS2)c(OC)c1. The van der Waals surface area contributed by atoms with E-state index in [1.54, 1.807) is 25.3 Å². The maximum Gasteiger partial charge on any atom is 0.309 e. The Balaban J connectivity index is 1.31. The summed E-state index contributed by atoms with van der Waals surface area (Å²) in [6, 6.07) is 5.13. The molecule has 4 rings (SSSR count). The second-order valence-electron chi connectivity index (χ2n) is 8.13. The zero-order valence-corrected chi connectivity index (χ0v) is 19.1. The maximum atomic E-state index is 12.7. The molecule has 3 aliphatic rings. The summed E-state index contributed by atoms with van der Waals surface area (Å²) in [5.41, 5.74) is 0.517. The predicted octanol–water partition coefficient (Wildman–Crippen LogP) is 4.19. The molecule has 2 saturated carbocycles. The summed E-state index contributed by atoms with van der Waals surface area (Å²) in [4.78, 5) is 25.1. The Labute approximate surface area is 186 Å². The average molecular weight is 452 g/mol. The number of hydrogen-bond donors (Lipinski definition) is 1. The zero-order chi connectivity index (χ0) is 21.1. The third-order valence-corrected chi connectivity index (χ3v) is 10.5. The summed E-state index contributed by atoms with van der Waals surface area (Å²) >= 11 is 4.25. The minimum atomic E-state index is -0.374. The van der Waals surface area contributed by atoms with E-state index in [4.69, 9.17) is 14.2 Å². The van der Waals surface area contributed by atoms with Crippen LogP contribution in [0.5, 0.6) is 11.5 Å². The van der Waals surface area contributed by atoms with Gasteiger partial charge in [0.05, 0.1) is 29.9 Å². The molecule has 1 amide bonds. The van der Waals surface area contributed by atoms with E-state index >= 15 is 0 Å². The molecule has 6 nitrogen and oxygen atoms in total. The summed E-state index contributed by atoms with van der Waals surface area (Å²) in [6.07, 6.45) is 5.47. The van der Waals surface area contributed by atoms with Crippen molar-refractivity contribution in [1.29, 1.82) is 0 Å². The molecule has 0 aromatic heterocycles. The van der Waals surface area contributed by atoms with Crippen molar-refractivity contribution in [1.82, 2.24) is 0 Å². The molecule has 2 atom stereocenters. The molecule has 2 bridgehead atoms. The minimum Gasteiger partial charge on any atom is -0.497 e. The Morgan fingerprint density at radius 2 is 1.80 bits per heavy atom. The largest absolute Gasteiger partial charge is 0.497 e. The van der Waals surface area contributed by atoms with Crippen LogP contribution in [0.2, 0.25) is 0 Å². The number of esters is 1. The highest BCUT2D eigenvalue weighted by molar-refractivity contribution is 8.21. The Morgan fingerprint density at radius 3 is 2.43 bits per heavy atom. The third-order valence-electron chi connectivity index (χ3n) is 6.48. The quantitative estimate of drug-likeness (QED) is 0.650. The highest BCUT2D eigenvalue weighted by Crippen LogP contribution is 2.64. The Hall–Kier alpha value is -1.54. The van der Waals surface area contributed by atoms with E-state index in [9.17, 15) is 9.59 Å². The summed E-state index contributed by atoms with van der Waals surface area (Å²) in [7, 11) is 3.09. The van der Waals surface area contributed by atoms with Crippen LogP contribution in [0.1, 0.15) is 32.1 Å². The van der Waals surface area contributed by atoms with Crippen LogP contribution in [0, 0.1) is 17.8 Å². The van der Waals surface area contributed by atoms with Gasteiger partial charge in [-0.25, -0.2) is 0 Å². The molecule has 8 heteroatoms. The maximum absolute atomic E-state index is 12.7. The van der Waals surface area contributed by atoms with Crippen molar-refractivity contribution >= 4 is 41.1 Å². The summed E-state index contributed by atoms with van der Waals surface area (Å²) < 4.78 is 16.2. The van der Waals surface area contributed by atoms with Crippen molar-refractivity contribution in [3.8, 4) is 11.5 Å². The molecule has 164 valence electrons. The van der Waals surface area contributed by atoms with Crippen molar-refractivity contribution in [2.45, 2.75) is 36.2 Å². The first-order valence-electron chi connectivity index (χ1n) is 10.5. The number of benzene rings is 1. The van der Waals surface area contributed by atoms with Crippen molar-refractivity contribution in [3.63, 3.8) is 0 Å². The fourth-order valence-corrected chi connectivity index (χ4v) is 9.08. The molecule has 1 saturated heterocycles. The fourth-order valence-electron chi connectivity index (χ4n) is 5.14. The number of anilines is 1. The number of methoxy groups -OCH3 is 2. The van der Waals surface area contributed by atoms with Gasteiger partial charge in [0.25, 0.3) is 5.91 Å². The molecule has 2 unspecified atom stereocenters. The highest BCUT2D eigenvalue weighted by Gasteiger charge is 2.55. The second kappa shape index (κ2) is 9.30. The average Bonchev–Trinajstić information content (AvgIpc) is 3.21. The zero-order valence-electron chi connectivity index (χ0n) is 17.5. The number of carbonyl (C=O) groups is 2. The van der Waals surface area contributed by atoms with Gasteiger partial charge < -0.3 is 19.5 Å². The Bertz CT molecular complexity index is 780. The topological polar surface area (TPSA) is 73.9 Å². The lowest BCUT2D eigenvalue weighted by molar-refractivity contribution is -0.154. The number of rotatable bonds is 6. The number of ether oxygens (including phenoxy) is 3. The highest BCUT2D eigenvalue weighted by atomic mass is 32.2. The lowest BCUT2D eigenvalue weighted by Gasteiger charge is -2.51. The molecular weight excluding hydrogens is 422 g/mol. The first-order valence-corrected chi connectivity index (χ1v) is 12.5. The molecule has 1 aromatic rings. The first-order chi connectivity index (χ1) is 14.6. The van der Waals surface area contributed by atoms with E-state index in [0.29, 0.717) is 33.1 Å². The van der Waals surface area contributed by atoms with Crippen LogP contribution in [0.4, 0.5) is 5.69 Å². The molecule has 1 aromatic carbocycles. The van der Waals surface area contributed by atoms with Gasteiger partial charge in [-0.2, -0.15) is 0 Å². The van der Waals surface area contributed by atoms with Gasteiger partial charge in [0.2, 0.25) is 0 Å². The van der Waals surface area contributed by atoms with E-state index in [0.717, 1.165) is 12.8 Å². The lowest BCUT2D eigenvalue weighted by atomic mass is 9.67. The van der Waals surface area contributed by atoms with Gasteiger partial charge in [-0.3, -0.25) is 9.59 Å². The van der Waals surface area contributed by atoms with Gasteiger partial charge in [-0.05, 0) is 49.7 Å². The lowest BCUT2D eigenvalue weighted by Crippen LogP contribution is -2.48. The third kappa shape index (κ3) is 4.26. The fraction of sp³-hybridized carbons (Fsp3) is 0.636. The van der Waals surface area contributed by atoms with E-state index in [1.807, 2.05) is 0 Å². The molecule has 1 spiro atoms. The Kier molecular flexibility index (Phi) is 6.72. The summed E-state index contributed by atoms with van der Waals surface area (Å²) in [5.74, 6) is 4.05. The van der Waals surface area contributed by atoms with Crippen molar-refractivity contribution in [2.24, 2.45) is 17.8 Å². The van der Waals surface area contributed by atoms with Crippen LogP contribution >= 0.6 is 23.5 Å². The van der Waals surface area contributed by atoms with Crippen LogP contribution in [-0.4, -0.2) is 48.3 Å². The van der Waals surface area contributed by atoms with E-state index < -0.39 is 0 Å². The van der Waals surface area contributed by atoms with Crippen LogP contribution < -0.4 is 14.8 Å². The molecule has 1 N–H and O–H groups in total. The van der Waals surface area contributed by atoms with Crippen LogP contribution in [-0.2, 0) is 14.3 Å². The summed E-state index contributed by atoms with van der Waals surface area (Å²) in [5, 5.41) is 2.75. The van der Waals surface area contributed by atoms with Gasteiger partial charge in [0, 0.05) is 17.6 Å². The molecule has 1 aliphatic heterocycles. The monoisotopic (exact) mass is 451 g/mol. The Morgan fingerprint density at radius 1 is 1.10 bits per heavy atom. The van der Waals surface area contributed by atoms with E-state index in [2.05, 4.69) is 28.8 Å². The molecule has 3 fully saturated rings. The number of thioether (sulfide) groups is 2. The first kappa shape index (κ1) is 21.7.